The maximum atomic E-state index is 11.3. The van der Waals surface area contributed by atoms with Gasteiger partial charge in [0.25, 0.3) is 1.45 Å². The maximum Gasteiger partial charge on any atom is 0.269 e. The molecule has 8 nitrogen and oxygen atoms in total. The van der Waals surface area contributed by atoms with Crippen LogP contribution in [0.2, 0.25) is 0 Å². The van der Waals surface area contributed by atoms with Gasteiger partial charge in [-0.1, -0.05) is 33.4 Å². The van der Waals surface area contributed by atoms with E-state index in [0.717, 1.165) is 62.0 Å². The standard InChI is InChI=1S/C21H33N3O.C20H31N3O.CH4.FH/c1-4-24(15-17-9-11-23(3)12-10-17)21-8-6-18-5-7-20(22-16(2)25)13-19(18)14-21;1-3-23(14-16-8-10-21-11-9-16)20-7-5-17-4-6-19(22-15(2)24)12-18(17)13-20;;/h5,7,13,17,21H,4,6,8-12,14-15H2,1-3H3,(H,22,25);4,6,12,16,20-21H,3,5,7-11,13-14H2,1-2H3,(H,22,24);1H4;1H/i/hT. The second-order valence-corrected chi connectivity index (χ2v) is 15.2. The fraction of sp³-hybridized carbons (Fsp3) is 0.667. The summed E-state index contributed by atoms with van der Waals surface area (Å²) in [6, 6.07) is 14.1. The molecular formula is C42H69FN6O2. The first-order valence-electron chi connectivity index (χ1n) is 19.7. The van der Waals surface area contributed by atoms with Crippen LogP contribution in [0, 0.1) is 11.8 Å². The fourth-order valence-corrected chi connectivity index (χ4v) is 8.71. The van der Waals surface area contributed by atoms with Gasteiger partial charge in [-0.25, -0.2) is 0 Å². The number of piperidine rings is 2. The van der Waals surface area contributed by atoms with Crippen LogP contribution in [0.25, 0.3) is 0 Å². The Morgan fingerprint density at radius 1 is 0.745 bits per heavy atom. The number of halogens is 1. The Kier molecular flexibility index (Phi) is 16.8. The molecule has 0 aromatic heterocycles. The Morgan fingerprint density at radius 2 is 1.18 bits per heavy atom. The van der Waals surface area contributed by atoms with E-state index in [4.69, 9.17) is 4.72 Å². The second-order valence-electron chi connectivity index (χ2n) is 15.2. The number of hydrogen-bond donors (Lipinski definition) is 3. The summed E-state index contributed by atoms with van der Waals surface area (Å²) in [5.41, 5.74) is 7.62. The monoisotopic (exact) mass is 711 g/mol. The van der Waals surface area contributed by atoms with Gasteiger partial charge in [-0.3, -0.25) is 14.3 Å². The SMILES string of the molecule is C.CCN(CC1CCN(C)CC1)C1CCc2ccc(NC(C)=O)cc2C1.CCN(CC1CCNCC1)C1CCc2ccc(NC(C)=O)cc2C1.[3H]F. The summed E-state index contributed by atoms with van der Waals surface area (Å²) in [7, 11) is 2.23. The average Bonchev–Trinajstić information content (AvgIpc) is 3.14. The molecular weight excluding hydrogens is 640 g/mol. The lowest BCUT2D eigenvalue weighted by Crippen LogP contribution is -2.44. The van der Waals surface area contributed by atoms with Crippen LogP contribution in [0.1, 0.15) is 95.9 Å². The molecule has 0 bridgehead atoms. The summed E-state index contributed by atoms with van der Waals surface area (Å²) in [5, 5.41) is 9.31. The molecule has 3 N–H and O–H groups in total. The van der Waals surface area contributed by atoms with Gasteiger partial charge < -0.3 is 30.7 Å². The topological polar surface area (TPSA) is 80.0 Å². The van der Waals surface area contributed by atoms with E-state index < -0.39 is 0 Å². The molecule has 0 saturated carbocycles. The van der Waals surface area contributed by atoms with Gasteiger partial charge in [-0.05, 0) is 169 Å². The first-order valence-corrected chi connectivity index (χ1v) is 19.4. The van der Waals surface area contributed by atoms with Crippen LogP contribution in [0.15, 0.2) is 36.4 Å². The number of anilines is 2. The predicted octanol–water partition coefficient (Wildman–Crippen LogP) is 6.78. The summed E-state index contributed by atoms with van der Waals surface area (Å²) >= 11 is 0. The molecule has 286 valence electrons. The lowest BCUT2D eigenvalue weighted by atomic mass is 9.86. The highest BCUT2D eigenvalue weighted by Gasteiger charge is 2.28. The van der Waals surface area contributed by atoms with Crippen molar-refractivity contribution < 1.29 is 14.3 Å². The zero-order chi connectivity index (χ0) is 36.8. The van der Waals surface area contributed by atoms with Gasteiger partial charge in [-0.2, -0.15) is 0 Å². The molecule has 2 fully saturated rings. The highest BCUT2D eigenvalue weighted by atomic mass is 19.0. The van der Waals surface area contributed by atoms with E-state index >= 15 is 0 Å². The van der Waals surface area contributed by atoms with Crippen LogP contribution in [0.3, 0.4) is 0 Å². The number of benzene rings is 2. The van der Waals surface area contributed by atoms with Crippen molar-refractivity contribution in [1.82, 2.24) is 20.0 Å². The summed E-state index contributed by atoms with van der Waals surface area (Å²) in [6.07, 6.45) is 12.3. The number of carbonyl (C=O) groups excluding carboxylic acids is 2. The maximum absolute atomic E-state index is 11.3. The Balaban J connectivity index is 0.000000263. The molecule has 2 aromatic rings. The minimum Gasteiger partial charge on any atom is -0.326 e. The third-order valence-corrected chi connectivity index (χ3v) is 11.6. The summed E-state index contributed by atoms with van der Waals surface area (Å²) in [4.78, 5) is 30.5. The molecule has 2 unspecified atom stereocenters. The molecule has 2 atom stereocenters. The molecule has 0 spiro atoms. The summed E-state index contributed by atoms with van der Waals surface area (Å²) in [5.74, 6) is 1.70. The van der Waals surface area contributed by atoms with Crippen molar-refractivity contribution in [2.75, 3.05) is 70.0 Å². The molecule has 0 radical (unpaired) electrons. The van der Waals surface area contributed by atoms with Crippen LogP contribution in [0.5, 0.6) is 0 Å². The zero-order valence-corrected chi connectivity index (χ0v) is 31.5. The lowest BCUT2D eigenvalue weighted by molar-refractivity contribution is -0.115. The van der Waals surface area contributed by atoms with Crippen molar-refractivity contribution in [1.29, 1.82) is 1.45 Å². The number of carbonyl (C=O) groups is 2. The molecule has 2 aliphatic heterocycles. The smallest absolute Gasteiger partial charge is 0.269 e. The number of nitrogens with one attached hydrogen (secondary N) is 3. The highest BCUT2D eigenvalue weighted by molar-refractivity contribution is 5.89. The molecule has 2 heterocycles. The summed E-state index contributed by atoms with van der Waals surface area (Å²) in [6.45, 7) is 17.3. The Hall–Kier alpha value is -2.85. The van der Waals surface area contributed by atoms with Crippen molar-refractivity contribution >= 4 is 23.2 Å². The number of aryl methyl sites for hydroxylation is 2. The van der Waals surface area contributed by atoms with E-state index in [1.807, 2.05) is 12.1 Å². The zero-order valence-electron chi connectivity index (χ0n) is 32.5. The molecule has 2 aliphatic carbocycles. The number of likely N-dealkylation sites (N-methyl/N-ethyl adjacent to an activating group) is 2. The first kappa shape index (κ1) is 40.9. The van der Waals surface area contributed by atoms with E-state index in [1.54, 1.807) is 13.8 Å². The third-order valence-electron chi connectivity index (χ3n) is 11.6. The number of rotatable bonds is 10. The predicted molar refractivity (Wildman–Crippen MR) is 213 cm³/mol. The van der Waals surface area contributed by atoms with Gasteiger partial charge in [-0.15, -0.1) is 0 Å². The van der Waals surface area contributed by atoms with Gasteiger partial charge in [0, 0.05) is 50.4 Å². The van der Waals surface area contributed by atoms with Crippen molar-refractivity contribution in [2.24, 2.45) is 11.8 Å². The molecule has 2 amide bonds. The van der Waals surface area contributed by atoms with Gasteiger partial charge in [0.1, 0.15) is 0 Å². The van der Waals surface area contributed by atoms with Crippen molar-refractivity contribution in [3.8, 4) is 0 Å². The number of likely N-dealkylation sites (tertiary alicyclic amines) is 1. The Labute approximate surface area is 310 Å². The number of hydrogen-bond acceptors (Lipinski definition) is 6. The van der Waals surface area contributed by atoms with Crippen LogP contribution in [0.4, 0.5) is 16.1 Å². The fourth-order valence-electron chi connectivity index (χ4n) is 8.71. The van der Waals surface area contributed by atoms with Crippen LogP contribution in [-0.2, 0) is 35.3 Å². The molecule has 2 aromatic carbocycles. The van der Waals surface area contributed by atoms with Crippen LogP contribution < -0.4 is 16.0 Å². The van der Waals surface area contributed by atoms with Gasteiger partial charge in [0.05, 0.1) is 0 Å². The lowest BCUT2D eigenvalue weighted by Gasteiger charge is -2.38. The van der Waals surface area contributed by atoms with Crippen LogP contribution >= 0.6 is 0 Å². The molecule has 9 heteroatoms. The minimum absolute atomic E-state index is 0. The van der Waals surface area contributed by atoms with Crippen LogP contribution in [-0.4, -0.2) is 99.5 Å². The highest BCUT2D eigenvalue weighted by Crippen LogP contribution is 2.30. The van der Waals surface area contributed by atoms with Crippen molar-refractivity contribution in [3.63, 3.8) is 0 Å². The second kappa shape index (κ2) is 21.0. The molecule has 51 heavy (non-hydrogen) atoms. The Morgan fingerprint density at radius 3 is 1.59 bits per heavy atom. The first-order chi connectivity index (χ1) is 24.7. The summed E-state index contributed by atoms with van der Waals surface area (Å²) < 4.78 is 13.0. The normalized spacial score (nSPS) is 21.1. The van der Waals surface area contributed by atoms with Gasteiger partial charge in [0.15, 0.2) is 0 Å². The quantitative estimate of drug-likeness (QED) is 0.253. The molecule has 6 rings (SSSR count). The van der Waals surface area contributed by atoms with E-state index in [2.05, 4.69) is 77.3 Å². The largest absolute Gasteiger partial charge is 0.326 e. The van der Waals surface area contributed by atoms with E-state index in [9.17, 15) is 9.59 Å². The number of amides is 2. The number of fused-ring (bicyclic) bond motifs is 2. The molecule has 2 saturated heterocycles. The van der Waals surface area contributed by atoms with Crippen molar-refractivity contribution in [2.45, 2.75) is 111 Å². The minimum atomic E-state index is 0. The average molecular weight is 711 g/mol. The van der Waals surface area contributed by atoms with E-state index in [0.29, 0.717) is 12.1 Å². The van der Waals surface area contributed by atoms with Gasteiger partial charge >= 0.3 is 0 Å². The molecule has 4 aliphatic rings. The third kappa shape index (κ3) is 12.7. The number of nitrogens with zero attached hydrogens (tertiary/aromatic N) is 3. The van der Waals surface area contributed by atoms with Gasteiger partial charge in [0.2, 0.25) is 11.8 Å². The van der Waals surface area contributed by atoms with E-state index in [-0.39, 0.29) is 19.2 Å². The van der Waals surface area contributed by atoms with E-state index in [1.165, 1.54) is 100 Å². The van der Waals surface area contributed by atoms with Crippen molar-refractivity contribution in [3.05, 3.63) is 58.7 Å². The Bertz CT molecular complexity index is 1380.